The molecule has 0 aliphatic heterocycles. The first-order valence-electron chi connectivity index (χ1n) is 8.74. The molecule has 0 saturated heterocycles. The second kappa shape index (κ2) is 8.64. The molecule has 1 aromatic heterocycles. The van der Waals surface area contributed by atoms with Crippen molar-refractivity contribution in [3.8, 4) is 23.1 Å². The second-order valence-electron chi connectivity index (χ2n) is 5.94. The summed E-state index contributed by atoms with van der Waals surface area (Å²) in [6, 6.07) is 16.7. The third kappa shape index (κ3) is 4.24. The summed E-state index contributed by atoms with van der Waals surface area (Å²) >= 11 is 0. The lowest BCUT2D eigenvalue weighted by molar-refractivity contribution is 0.338. The highest BCUT2D eigenvalue weighted by Gasteiger charge is 2.12. The summed E-state index contributed by atoms with van der Waals surface area (Å²) in [5.41, 5.74) is 5.00. The number of H-pyrrole nitrogens is 1. The lowest BCUT2D eigenvalue weighted by Crippen LogP contribution is -2.16. The number of hydrogen-bond donors (Lipinski definition) is 2. The second-order valence-corrected chi connectivity index (χ2v) is 5.94. The summed E-state index contributed by atoms with van der Waals surface area (Å²) in [7, 11) is 0. The van der Waals surface area contributed by atoms with Crippen LogP contribution >= 0.6 is 0 Å². The van der Waals surface area contributed by atoms with Crippen LogP contribution in [0.2, 0.25) is 0 Å². The Kier molecular flexibility index (Phi) is 5.82. The molecule has 0 unspecified atom stereocenters. The lowest BCUT2D eigenvalue weighted by atomic mass is 10.1. The van der Waals surface area contributed by atoms with Crippen LogP contribution in [0.1, 0.15) is 23.6 Å². The number of aromatic amines is 1. The normalized spacial score (nSPS) is 10.6. The van der Waals surface area contributed by atoms with Gasteiger partial charge in [-0.15, -0.1) is 0 Å². The number of benzene rings is 2. The minimum absolute atomic E-state index is 0.0411. The molecule has 1 heterocycles. The number of nitriles is 1. The molecule has 0 aliphatic carbocycles. The number of anilines is 1. The van der Waals surface area contributed by atoms with Crippen LogP contribution in [0.15, 0.2) is 58.4 Å². The highest BCUT2D eigenvalue weighted by molar-refractivity contribution is 5.81. The van der Waals surface area contributed by atoms with Gasteiger partial charge in [0.05, 0.1) is 18.5 Å². The van der Waals surface area contributed by atoms with Crippen molar-refractivity contribution in [2.45, 2.75) is 13.8 Å². The average Bonchev–Trinajstić information content (AvgIpc) is 2.71. The van der Waals surface area contributed by atoms with E-state index in [1.54, 1.807) is 18.3 Å². The Morgan fingerprint density at radius 2 is 2.07 bits per heavy atom. The van der Waals surface area contributed by atoms with Crippen LogP contribution in [0.3, 0.4) is 0 Å². The molecule has 0 radical (unpaired) electrons. The molecule has 0 fully saturated rings. The minimum Gasteiger partial charge on any atom is -0.494 e. The fraction of sp³-hybridized carbons (Fsp3) is 0.143. The van der Waals surface area contributed by atoms with Gasteiger partial charge in [0.15, 0.2) is 0 Å². The van der Waals surface area contributed by atoms with Gasteiger partial charge in [0, 0.05) is 5.56 Å². The van der Waals surface area contributed by atoms with Crippen molar-refractivity contribution in [3.05, 3.63) is 75.6 Å². The molecule has 0 saturated carbocycles. The predicted octanol–water partition coefficient (Wildman–Crippen LogP) is 3.46. The van der Waals surface area contributed by atoms with E-state index < -0.39 is 5.56 Å². The SMILES string of the molecule is CCOc1cc(C=NNc2nc(-c3ccccc3)c(C#N)c(=O)[nH]2)ccc1C. The molecule has 7 nitrogen and oxygen atoms in total. The van der Waals surface area contributed by atoms with Crippen molar-refractivity contribution in [2.75, 3.05) is 12.0 Å². The van der Waals surface area contributed by atoms with Gasteiger partial charge < -0.3 is 4.74 Å². The average molecular weight is 373 g/mol. The maximum absolute atomic E-state index is 12.2. The molecule has 3 aromatic rings. The molecular formula is C21H19N5O2. The van der Waals surface area contributed by atoms with E-state index in [0.717, 1.165) is 16.9 Å². The van der Waals surface area contributed by atoms with Crippen molar-refractivity contribution in [2.24, 2.45) is 5.10 Å². The number of hydrazone groups is 1. The molecule has 7 heteroatoms. The lowest BCUT2D eigenvalue weighted by Gasteiger charge is -2.07. The number of aryl methyl sites for hydroxylation is 1. The minimum atomic E-state index is -0.525. The number of rotatable bonds is 6. The summed E-state index contributed by atoms with van der Waals surface area (Å²) < 4.78 is 5.58. The van der Waals surface area contributed by atoms with E-state index in [1.807, 2.05) is 56.3 Å². The number of aromatic nitrogens is 2. The fourth-order valence-electron chi connectivity index (χ4n) is 2.61. The van der Waals surface area contributed by atoms with Gasteiger partial charge in [0.2, 0.25) is 5.95 Å². The monoisotopic (exact) mass is 373 g/mol. The maximum Gasteiger partial charge on any atom is 0.270 e. The van der Waals surface area contributed by atoms with Crippen LogP contribution in [0.25, 0.3) is 11.3 Å². The summed E-state index contributed by atoms with van der Waals surface area (Å²) in [6.07, 6.45) is 1.60. The molecule has 2 aromatic carbocycles. The number of nitrogens with one attached hydrogen (secondary N) is 2. The molecule has 28 heavy (non-hydrogen) atoms. The van der Waals surface area contributed by atoms with Crippen molar-refractivity contribution in [1.29, 1.82) is 5.26 Å². The molecular weight excluding hydrogens is 354 g/mol. The van der Waals surface area contributed by atoms with Crippen LogP contribution in [0.4, 0.5) is 5.95 Å². The highest BCUT2D eigenvalue weighted by Crippen LogP contribution is 2.20. The maximum atomic E-state index is 12.2. The van der Waals surface area contributed by atoms with E-state index in [1.165, 1.54) is 0 Å². The standard InChI is InChI=1S/C21H19N5O2/c1-3-28-18-11-15(10-9-14(18)2)13-23-26-21-24-19(16-7-5-4-6-8-16)17(12-22)20(27)25-21/h4-11,13H,3H2,1-2H3,(H2,24,25,26,27). The van der Waals surface area contributed by atoms with Gasteiger partial charge in [0.25, 0.3) is 5.56 Å². The van der Waals surface area contributed by atoms with Crippen LogP contribution in [0, 0.1) is 18.3 Å². The van der Waals surface area contributed by atoms with Gasteiger partial charge in [-0.3, -0.25) is 9.78 Å². The van der Waals surface area contributed by atoms with Crippen molar-refractivity contribution in [3.63, 3.8) is 0 Å². The molecule has 140 valence electrons. The van der Waals surface area contributed by atoms with Crippen LogP contribution in [-0.2, 0) is 0 Å². The molecule has 0 bridgehead atoms. The number of ether oxygens (including phenoxy) is 1. The van der Waals surface area contributed by atoms with E-state index >= 15 is 0 Å². The Balaban J connectivity index is 1.87. The molecule has 2 N–H and O–H groups in total. The number of hydrogen-bond acceptors (Lipinski definition) is 6. The first-order chi connectivity index (χ1) is 13.6. The summed E-state index contributed by atoms with van der Waals surface area (Å²) in [5.74, 6) is 0.943. The van der Waals surface area contributed by atoms with Crippen molar-refractivity contribution in [1.82, 2.24) is 9.97 Å². The fourth-order valence-corrected chi connectivity index (χ4v) is 2.61. The molecule has 3 rings (SSSR count). The summed E-state index contributed by atoms with van der Waals surface area (Å²) in [4.78, 5) is 19.1. The topological polar surface area (TPSA) is 103 Å². The quantitative estimate of drug-likeness (QED) is 0.509. The van der Waals surface area contributed by atoms with Crippen LogP contribution in [0.5, 0.6) is 5.75 Å². The van der Waals surface area contributed by atoms with Crippen LogP contribution in [-0.4, -0.2) is 22.8 Å². The van der Waals surface area contributed by atoms with E-state index in [9.17, 15) is 10.1 Å². The van der Waals surface area contributed by atoms with E-state index in [4.69, 9.17) is 4.74 Å². The van der Waals surface area contributed by atoms with Gasteiger partial charge in [-0.05, 0) is 31.0 Å². The van der Waals surface area contributed by atoms with Crippen LogP contribution < -0.4 is 15.7 Å². The Morgan fingerprint density at radius 3 is 2.79 bits per heavy atom. The zero-order valence-electron chi connectivity index (χ0n) is 15.6. The Bertz CT molecular complexity index is 1100. The van der Waals surface area contributed by atoms with E-state index in [0.29, 0.717) is 17.9 Å². The predicted molar refractivity (Wildman–Crippen MR) is 109 cm³/mol. The summed E-state index contributed by atoms with van der Waals surface area (Å²) in [6.45, 7) is 4.48. The molecule has 0 spiro atoms. The van der Waals surface area contributed by atoms with Crippen molar-refractivity contribution >= 4 is 12.2 Å². The molecule has 0 atom stereocenters. The van der Waals surface area contributed by atoms with Gasteiger partial charge in [-0.2, -0.15) is 10.4 Å². The highest BCUT2D eigenvalue weighted by atomic mass is 16.5. The third-order valence-electron chi connectivity index (χ3n) is 3.97. The first-order valence-corrected chi connectivity index (χ1v) is 8.74. The third-order valence-corrected chi connectivity index (χ3v) is 3.97. The zero-order valence-corrected chi connectivity index (χ0v) is 15.6. The first kappa shape index (κ1) is 18.9. The van der Waals surface area contributed by atoms with E-state index in [2.05, 4.69) is 20.5 Å². The largest absolute Gasteiger partial charge is 0.494 e. The van der Waals surface area contributed by atoms with Gasteiger partial charge in [0.1, 0.15) is 17.4 Å². The van der Waals surface area contributed by atoms with Crippen molar-refractivity contribution < 1.29 is 4.74 Å². The van der Waals surface area contributed by atoms with Gasteiger partial charge >= 0.3 is 0 Å². The van der Waals surface area contributed by atoms with Gasteiger partial charge in [-0.25, -0.2) is 10.4 Å². The van der Waals surface area contributed by atoms with E-state index in [-0.39, 0.29) is 11.5 Å². The van der Waals surface area contributed by atoms with Gasteiger partial charge in [-0.1, -0.05) is 42.5 Å². The number of nitrogens with zero attached hydrogens (tertiary/aromatic N) is 3. The Morgan fingerprint density at radius 1 is 1.29 bits per heavy atom. The molecule has 0 amide bonds. The zero-order chi connectivity index (χ0) is 19.9. The summed E-state index contributed by atoms with van der Waals surface area (Å²) in [5, 5.41) is 13.4. The molecule has 0 aliphatic rings. The smallest absolute Gasteiger partial charge is 0.270 e. The Hall–Kier alpha value is -3.92. The Labute approximate surface area is 162 Å².